The van der Waals surface area contributed by atoms with Gasteiger partial charge in [0.25, 0.3) is 8.32 Å². The zero-order valence-corrected chi connectivity index (χ0v) is 17.5. The van der Waals surface area contributed by atoms with Crippen LogP contribution in [-0.2, 0) is 4.43 Å². The van der Waals surface area contributed by atoms with Gasteiger partial charge in [-0.3, -0.25) is 0 Å². The Morgan fingerprint density at radius 2 is 1.46 bits per heavy atom. The van der Waals surface area contributed by atoms with E-state index >= 15 is 0 Å². The first-order chi connectivity index (χ1) is 12.4. The zero-order chi connectivity index (χ0) is 18.6. The molecule has 0 amide bonds. The van der Waals surface area contributed by atoms with Gasteiger partial charge in [0.15, 0.2) is 0 Å². The highest BCUT2D eigenvalue weighted by Crippen LogP contribution is 2.38. The van der Waals surface area contributed by atoms with Crippen molar-refractivity contribution < 1.29 is 4.43 Å². The summed E-state index contributed by atoms with van der Waals surface area (Å²) in [6.45, 7) is 12.1. The molecule has 2 aromatic rings. The summed E-state index contributed by atoms with van der Waals surface area (Å²) < 4.78 is 6.92. The van der Waals surface area contributed by atoms with Gasteiger partial charge in [0.05, 0.1) is 0 Å². The summed E-state index contributed by atoms with van der Waals surface area (Å²) in [7, 11) is -2.38. The van der Waals surface area contributed by atoms with E-state index in [1.54, 1.807) is 0 Å². The minimum Gasteiger partial charge on any atom is -0.407 e. The van der Waals surface area contributed by atoms with Gasteiger partial charge in [0.2, 0.25) is 0 Å². The Bertz CT molecular complexity index is 671. The third-order valence-corrected chi connectivity index (χ3v) is 10.5. The lowest BCUT2D eigenvalue weighted by Gasteiger charge is -2.43. The van der Waals surface area contributed by atoms with Crippen LogP contribution in [0.2, 0.25) is 5.04 Å². The maximum Gasteiger partial charge on any atom is 0.261 e. The highest BCUT2D eigenvalue weighted by atomic mass is 28.4. The van der Waals surface area contributed by atoms with E-state index < -0.39 is 8.32 Å². The Morgan fingerprint density at radius 1 is 0.962 bits per heavy atom. The predicted molar refractivity (Wildman–Crippen MR) is 115 cm³/mol. The van der Waals surface area contributed by atoms with Crippen LogP contribution in [0.4, 0.5) is 0 Å². The summed E-state index contributed by atoms with van der Waals surface area (Å²) in [5.74, 6) is 0.898. The maximum atomic E-state index is 6.92. The van der Waals surface area contributed by atoms with Crippen molar-refractivity contribution in [3.8, 4) is 0 Å². The van der Waals surface area contributed by atoms with Crippen molar-refractivity contribution >= 4 is 18.7 Å². The summed E-state index contributed by atoms with van der Waals surface area (Å²) in [6, 6.07) is 21.8. The van der Waals surface area contributed by atoms with Gasteiger partial charge in [-0.2, -0.15) is 0 Å². The minimum atomic E-state index is -2.38. The topological polar surface area (TPSA) is 9.23 Å². The lowest BCUT2D eigenvalue weighted by molar-refractivity contribution is 0.300. The fraction of sp³-hybridized carbons (Fsp3) is 0.417. The molecule has 0 heterocycles. The van der Waals surface area contributed by atoms with E-state index in [1.807, 2.05) is 0 Å². The molecule has 0 bridgehead atoms. The molecule has 0 unspecified atom stereocenters. The first-order valence-corrected chi connectivity index (χ1v) is 11.8. The van der Waals surface area contributed by atoms with E-state index in [4.69, 9.17) is 4.43 Å². The molecule has 0 aliphatic heterocycles. The molecule has 138 valence electrons. The van der Waals surface area contributed by atoms with Crippen molar-refractivity contribution in [3.05, 3.63) is 72.8 Å². The summed E-state index contributed by atoms with van der Waals surface area (Å²) in [4.78, 5) is 0. The van der Waals surface area contributed by atoms with Crippen LogP contribution in [-0.4, -0.2) is 14.9 Å². The van der Waals surface area contributed by atoms with Crippen molar-refractivity contribution in [2.24, 2.45) is 5.92 Å². The van der Waals surface area contributed by atoms with Crippen LogP contribution in [0.1, 0.15) is 46.5 Å². The van der Waals surface area contributed by atoms with Gasteiger partial charge in [-0.05, 0) is 47.0 Å². The number of benzene rings is 2. The molecule has 1 nitrogen and oxygen atoms in total. The fourth-order valence-corrected chi connectivity index (χ4v) is 8.51. The fourth-order valence-electron chi connectivity index (χ4n) is 3.94. The molecule has 0 N–H and O–H groups in total. The standard InChI is InChI=1S/C24H32OSi/c1-20(19-21-15-16-21)17-18-25-26(24(2,3)4,22-11-7-5-8-12-22)23-13-9-6-10-14-23/h5-14,21H,1,15-19H2,2-4H3. The lowest BCUT2D eigenvalue weighted by atomic mass is 10.1. The molecule has 0 saturated heterocycles. The highest BCUT2D eigenvalue weighted by Gasteiger charge is 2.49. The van der Waals surface area contributed by atoms with Gasteiger partial charge < -0.3 is 4.43 Å². The molecule has 1 saturated carbocycles. The van der Waals surface area contributed by atoms with Gasteiger partial charge in [0.1, 0.15) is 0 Å². The molecule has 0 atom stereocenters. The summed E-state index contributed by atoms with van der Waals surface area (Å²) >= 11 is 0. The molecule has 0 radical (unpaired) electrons. The van der Waals surface area contributed by atoms with Gasteiger partial charge in [0, 0.05) is 6.61 Å². The van der Waals surface area contributed by atoms with Crippen LogP contribution >= 0.6 is 0 Å². The quantitative estimate of drug-likeness (QED) is 0.456. The summed E-state index contributed by atoms with van der Waals surface area (Å²) in [5, 5.41) is 2.76. The van der Waals surface area contributed by atoms with Gasteiger partial charge in [-0.1, -0.05) is 93.6 Å². The first kappa shape index (κ1) is 19.1. The van der Waals surface area contributed by atoms with Crippen LogP contribution in [0.5, 0.6) is 0 Å². The van der Waals surface area contributed by atoms with Crippen molar-refractivity contribution in [1.82, 2.24) is 0 Å². The average molecular weight is 365 g/mol. The molecule has 0 aromatic heterocycles. The van der Waals surface area contributed by atoms with Gasteiger partial charge >= 0.3 is 0 Å². The maximum absolute atomic E-state index is 6.92. The van der Waals surface area contributed by atoms with Crippen molar-refractivity contribution in [2.75, 3.05) is 6.61 Å². The van der Waals surface area contributed by atoms with Crippen LogP contribution in [0, 0.1) is 5.92 Å². The second-order valence-corrected chi connectivity index (χ2v) is 13.0. The number of hydrogen-bond donors (Lipinski definition) is 0. The molecule has 2 heteroatoms. The Kier molecular flexibility index (Phi) is 5.84. The summed E-state index contributed by atoms with van der Waals surface area (Å²) in [5.41, 5.74) is 1.35. The van der Waals surface area contributed by atoms with E-state index in [9.17, 15) is 0 Å². The SMILES string of the molecule is C=C(CCO[Si](c1ccccc1)(c1ccccc1)C(C)(C)C)CC1CC1. The zero-order valence-electron chi connectivity index (χ0n) is 16.5. The van der Waals surface area contributed by atoms with Gasteiger partial charge in [-0.15, -0.1) is 0 Å². The van der Waals surface area contributed by atoms with E-state index in [-0.39, 0.29) is 5.04 Å². The third kappa shape index (κ3) is 4.19. The molecule has 1 fully saturated rings. The molecule has 26 heavy (non-hydrogen) atoms. The largest absolute Gasteiger partial charge is 0.407 e. The van der Waals surface area contributed by atoms with E-state index in [0.29, 0.717) is 0 Å². The van der Waals surface area contributed by atoms with Crippen LogP contribution in [0.15, 0.2) is 72.8 Å². The number of rotatable bonds is 8. The third-order valence-electron chi connectivity index (χ3n) is 5.47. The van der Waals surface area contributed by atoms with Crippen molar-refractivity contribution in [1.29, 1.82) is 0 Å². The van der Waals surface area contributed by atoms with Crippen molar-refractivity contribution in [3.63, 3.8) is 0 Å². The molecule has 3 rings (SSSR count). The normalized spacial score (nSPS) is 15.0. The van der Waals surface area contributed by atoms with E-state index in [1.165, 1.54) is 35.2 Å². The Hall–Kier alpha value is -1.64. The molecule has 2 aromatic carbocycles. The van der Waals surface area contributed by atoms with E-state index in [0.717, 1.165) is 18.9 Å². The minimum absolute atomic E-state index is 0.0491. The smallest absolute Gasteiger partial charge is 0.261 e. The second-order valence-electron chi connectivity index (χ2n) is 8.66. The molecule has 1 aliphatic rings. The number of hydrogen-bond acceptors (Lipinski definition) is 1. The second kappa shape index (κ2) is 7.94. The molecular weight excluding hydrogens is 332 g/mol. The molecule has 1 aliphatic carbocycles. The highest BCUT2D eigenvalue weighted by molar-refractivity contribution is 6.99. The monoisotopic (exact) mass is 364 g/mol. The van der Waals surface area contributed by atoms with Crippen molar-refractivity contribution in [2.45, 2.75) is 51.5 Å². The van der Waals surface area contributed by atoms with E-state index in [2.05, 4.69) is 88.0 Å². The Morgan fingerprint density at radius 3 is 1.88 bits per heavy atom. The Labute approximate surface area is 160 Å². The average Bonchev–Trinajstić information content (AvgIpc) is 3.43. The molecular formula is C24H32OSi. The van der Waals surface area contributed by atoms with Gasteiger partial charge in [-0.25, -0.2) is 0 Å². The lowest BCUT2D eigenvalue weighted by Crippen LogP contribution is -2.66. The Balaban J connectivity index is 1.90. The van der Waals surface area contributed by atoms with Crippen LogP contribution in [0.25, 0.3) is 0 Å². The first-order valence-electron chi connectivity index (χ1n) is 9.85. The summed E-state index contributed by atoms with van der Waals surface area (Å²) in [6.07, 6.45) is 4.92. The van der Waals surface area contributed by atoms with Crippen LogP contribution in [0.3, 0.4) is 0 Å². The van der Waals surface area contributed by atoms with Crippen LogP contribution < -0.4 is 10.4 Å². The molecule has 0 spiro atoms. The predicted octanol–water partition coefficient (Wildman–Crippen LogP) is 5.31.